The Morgan fingerprint density at radius 1 is 0.698 bits per heavy atom. The molecular weight excluding hydrogens is 820 g/mol. The molecule has 5 aromatic rings. The van der Waals surface area contributed by atoms with Crippen molar-refractivity contribution in [1.29, 1.82) is 0 Å². The molecule has 0 spiro atoms. The number of halogens is 1. The van der Waals surface area contributed by atoms with E-state index in [1.54, 1.807) is 6.08 Å². The van der Waals surface area contributed by atoms with Gasteiger partial charge in [0.15, 0.2) is 12.6 Å². The van der Waals surface area contributed by atoms with Crippen LogP contribution in [0.2, 0.25) is 0 Å². The quantitative estimate of drug-likeness (QED) is 0.0153. The van der Waals surface area contributed by atoms with Gasteiger partial charge in [0, 0.05) is 17.7 Å². The van der Waals surface area contributed by atoms with Gasteiger partial charge in [-0.15, -0.1) is 19.0 Å². The number of nitrogens with two attached hydrogens (primary N) is 2. The summed E-state index contributed by atoms with van der Waals surface area (Å²) in [7, 11) is 0. The lowest BCUT2D eigenvalue weighted by Gasteiger charge is -2.25. The second kappa shape index (κ2) is 24.5. The van der Waals surface area contributed by atoms with Crippen molar-refractivity contribution in [2.45, 2.75) is 64.3 Å². The third-order valence-electron chi connectivity index (χ3n) is 9.91. The molecule has 13 nitrogen and oxygen atoms in total. The first-order valence-corrected chi connectivity index (χ1v) is 20.7. The van der Waals surface area contributed by atoms with Crippen molar-refractivity contribution in [2.24, 2.45) is 22.4 Å². The van der Waals surface area contributed by atoms with E-state index in [0.717, 1.165) is 38.2 Å². The zero-order valence-corrected chi connectivity index (χ0v) is 36.5. The molecule has 0 bridgehead atoms. The number of aliphatic imine (C=N–C) groups is 1. The third-order valence-corrected chi connectivity index (χ3v) is 9.91. The maximum absolute atomic E-state index is 14.0. The number of rotatable bonds is 23. The van der Waals surface area contributed by atoms with Crippen molar-refractivity contribution < 1.29 is 33.4 Å². The van der Waals surface area contributed by atoms with E-state index >= 15 is 0 Å². The lowest BCUT2D eigenvalue weighted by molar-refractivity contribution is -0.149. The molecule has 5 aromatic carbocycles. The molecule has 5 rings (SSSR count). The van der Waals surface area contributed by atoms with Crippen LogP contribution in [0.3, 0.4) is 0 Å². The molecule has 0 radical (unpaired) electrons. The Morgan fingerprint density at radius 2 is 1.27 bits per heavy atom. The predicted octanol–water partition coefficient (Wildman–Crippen LogP) is 6.90. The van der Waals surface area contributed by atoms with E-state index in [9.17, 15) is 19.2 Å². The van der Waals surface area contributed by atoms with E-state index in [2.05, 4.69) is 34.1 Å². The molecule has 0 aliphatic rings. The van der Waals surface area contributed by atoms with Gasteiger partial charge in [-0.1, -0.05) is 124 Å². The second-order valence-electron chi connectivity index (χ2n) is 15.1. The number of ether oxygens (including phenoxy) is 3. The second-order valence-corrected chi connectivity index (χ2v) is 15.1. The molecule has 14 heteroatoms. The molecular formula is C49H57ClN6O7. The van der Waals surface area contributed by atoms with Gasteiger partial charge in [0.25, 0.3) is 5.91 Å². The molecule has 0 aliphatic heterocycles. The van der Waals surface area contributed by atoms with E-state index in [0.29, 0.717) is 17.9 Å². The standard InChI is InChI=1S/C49H56N6O7.ClH/c1-5-15-39(48(59)62-30-33-16-8-7-9-17-33)55-46(57)38(22-14-27-52-49(50)51)54-47(58)40(29-32(3)4)53-43(56)31-61-42-26-24-35-19-11-13-21-37(35)45(42)44-36-20-12-10-18-34(36)23-25-41(44)60-28-6-2;/h5-13,16-21,23-26,32,38-40H,1-2,14-15,22,27-31H2,3-4H3,(H,53,56)(H,54,58)(H,55,57)(H4,50,51,52);1H/t38-,39+,40-;/m1./s1. The molecule has 3 atom stereocenters. The summed E-state index contributed by atoms with van der Waals surface area (Å²) in [4.78, 5) is 58.8. The summed E-state index contributed by atoms with van der Waals surface area (Å²) < 4.78 is 18.0. The molecule has 0 aliphatic carbocycles. The molecule has 3 amide bonds. The Kier molecular flexibility index (Phi) is 19.0. The monoisotopic (exact) mass is 876 g/mol. The average molecular weight is 877 g/mol. The number of nitrogens with one attached hydrogen (secondary N) is 3. The third kappa shape index (κ3) is 14.1. The number of nitrogens with zero attached hydrogens (tertiary/aromatic N) is 1. The van der Waals surface area contributed by atoms with Crippen molar-refractivity contribution in [3.8, 4) is 22.6 Å². The van der Waals surface area contributed by atoms with Gasteiger partial charge < -0.3 is 41.6 Å². The number of fused-ring (bicyclic) bond motifs is 2. The molecule has 0 saturated carbocycles. The van der Waals surface area contributed by atoms with Crippen LogP contribution in [0.4, 0.5) is 0 Å². The summed E-state index contributed by atoms with van der Waals surface area (Å²) in [5.41, 5.74) is 13.4. The number of amides is 3. The van der Waals surface area contributed by atoms with Crippen LogP contribution in [-0.2, 0) is 30.5 Å². The highest BCUT2D eigenvalue weighted by Gasteiger charge is 2.30. The molecule has 63 heavy (non-hydrogen) atoms. The highest BCUT2D eigenvalue weighted by Crippen LogP contribution is 2.45. The first-order valence-electron chi connectivity index (χ1n) is 20.7. The van der Waals surface area contributed by atoms with Gasteiger partial charge in [-0.05, 0) is 70.8 Å². The fourth-order valence-electron chi connectivity index (χ4n) is 7.02. The van der Waals surface area contributed by atoms with Crippen LogP contribution < -0.4 is 36.9 Å². The first kappa shape index (κ1) is 48.8. The largest absolute Gasteiger partial charge is 0.489 e. The number of carbonyl (C=O) groups excluding carboxylic acids is 4. The Balaban J connectivity index is 0.00000871. The molecule has 0 heterocycles. The zero-order chi connectivity index (χ0) is 44.4. The Labute approximate surface area is 374 Å². The predicted molar refractivity (Wildman–Crippen MR) is 252 cm³/mol. The molecule has 7 N–H and O–H groups in total. The minimum atomic E-state index is -1.12. The number of benzene rings is 5. The van der Waals surface area contributed by atoms with Crippen molar-refractivity contribution >= 4 is 63.6 Å². The smallest absolute Gasteiger partial charge is 0.329 e. The van der Waals surface area contributed by atoms with Crippen LogP contribution in [-0.4, -0.2) is 67.5 Å². The number of hydrogen-bond donors (Lipinski definition) is 5. The van der Waals surface area contributed by atoms with E-state index in [-0.39, 0.29) is 63.3 Å². The van der Waals surface area contributed by atoms with Crippen LogP contribution in [0.25, 0.3) is 32.7 Å². The van der Waals surface area contributed by atoms with Gasteiger partial charge in [0.1, 0.15) is 42.8 Å². The van der Waals surface area contributed by atoms with Gasteiger partial charge in [0.05, 0.1) is 0 Å². The molecule has 0 saturated heterocycles. The normalized spacial score (nSPS) is 12.2. The summed E-state index contributed by atoms with van der Waals surface area (Å²) in [5.74, 6) is -1.49. The summed E-state index contributed by atoms with van der Waals surface area (Å²) in [6, 6.07) is 29.5. The van der Waals surface area contributed by atoms with Gasteiger partial charge in [0.2, 0.25) is 11.8 Å². The SMILES string of the molecule is C=CCOc1ccc2ccccc2c1-c1c(OCC(=O)N[C@H](CC(C)C)C(=O)N[C@H](CCCN=C(N)N)C(=O)N[C@@H](CC=C)C(=O)OCc2ccccc2)ccc2ccccc12.Cl. The number of carbonyl (C=O) groups is 4. The number of esters is 1. The molecule has 332 valence electrons. The highest BCUT2D eigenvalue weighted by atomic mass is 35.5. The summed E-state index contributed by atoms with van der Waals surface area (Å²) in [5, 5.41) is 12.2. The minimum Gasteiger partial charge on any atom is -0.489 e. The van der Waals surface area contributed by atoms with Crippen molar-refractivity contribution in [3.05, 3.63) is 134 Å². The van der Waals surface area contributed by atoms with Crippen molar-refractivity contribution in [2.75, 3.05) is 19.8 Å². The topological polar surface area (TPSA) is 196 Å². The number of hydrogen-bond acceptors (Lipinski definition) is 8. The van der Waals surface area contributed by atoms with E-state index < -0.39 is 48.4 Å². The van der Waals surface area contributed by atoms with Crippen LogP contribution >= 0.6 is 12.4 Å². The maximum Gasteiger partial charge on any atom is 0.329 e. The zero-order valence-electron chi connectivity index (χ0n) is 35.7. The first-order chi connectivity index (χ1) is 30.0. The Bertz CT molecular complexity index is 2390. The summed E-state index contributed by atoms with van der Waals surface area (Å²) >= 11 is 0. The fraction of sp³-hybridized carbons (Fsp3) is 0.286. The molecule has 0 unspecified atom stereocenters. The van der Waals surface area contributed by atoms with E-state index in [1.807, 2.05) is 117 Å². The lowest BCUT2D eigenvalue weighted by Crippen LogP contribution is -2.56. The van der Waals surface area contributed by atoms with Crippen LogP contribution in [0, 0.1) is 5.92 Å². The van der Waals surface area contributed by atoms with E-state index in [1.165, 1.54) is 6.08 Å². The Hall–Kier alpha value is -6.86. The van der Waals surface area contributed by atoms with Crippen molar-refractivity contribution in [3.63, 3.8) is 0 Å². The van der Waals surface area contributed by atoms with Gasteiger partial charge in [-0.3, -0.25) is 19.4 Å². The molecule has 0 fully saturated rings. The fourth-order valence-corrected chi connectivity index (χ4v) is 7.02. The van der Waals surface area contributed by atoms with E-state index in [4.69, 9.17) is 25.7 Å². The van der Waals surface area contributed by atoms with Crippen LogP contribution in [0.5, 0.6) is 11.5 Å². The minimum absolute atomic E-state index is 0. The Morgan fingerprint density at radius 3 is 1.86 bits per heavy atom. The average Bonchev–Trinajstić information content (AvgIpc) is 3.27. The van der Waals surface area contributed by atoms with Gasteiger partial charge >= 0.3 is 5.97 Å². The van der Waals surface area contributed by atoms with Crippen LogP contribution in [0.1, 0.15) is 45.1 Å². The van der Waals surface area contributed by atoms with Crippen molar-refractivity contribution in [1.82, 2.24) is 16.0 Å². The van der Waals surface area contributed by atoms with Gasteiger partial charge in [-0.2, -0.15) is 0 Å². The molecule has 0 aromatic heterocycles. The summed E-state index contributed by atoms with van der Waals surface area (Å²) in [6.45, 7) is 11.4. The maximum atomic E-state index is 14.0. The highest BCUT2D eigenvalue weighted by molar-refractivity contribution is 6.10. The lowest BCUT2D eigenvalue weighted by atomic mass is 9.92. The summed E-state index contributed by atoms with van der Waals surface area (Å²) in [6.07, 6.45) is 3.96. The number of guanidine groups is 1. The van der Waals surface area contributed by atoms with Gasteiger partial charge in [-0.25, -0.2) is 4.79 Å². The van der Waals surface area contributed by atoms with Crippen LogP contribution in [0.15, 0.2) is 133 Å².